The van der Waals surface area contributed by atoms with Crippen LogP contribution in [-0.2, 0) is 9.09 Å². The van der Waals surface area contributed by atoms with Crippen molar-refractivity contribution in [3.8, 4) is 5.75 Å². The lowest BCUT2D eigenvalue weighted by Crippen LogP contribution is -2.10. The summed E-state index contributed by atoms with van der Waals surface area (Å²) in [6, 6.07) is 5.36. The molecule has 0 bridgehead atoms. The Bertz CT molecular complexity index is 455. The Morgan fingerprint density at radius 3 is 2.30 bits per heavy atom. The molecule has 1 rings (SSSR count). The third-order valence-corrected chi connectivity index (χ3v) is 3.84. The summed E-state index contributed by atoms with van der Waals surface area (Å²) in [5.74, 6) is -0.944. The Morgan fingerprint density at radius 1 is 1.30 bits per heavy atom. The highest BCUT2D eigenvalue weighted by molar-refractivity contribution is 7.99. The molecule has 0 saturated carbocycles. The maximum absolute atomic E-state index is 12.0. The highest BCUT2D eigenvalue weighted by Crippen LogP contribution is 2.43. The minimum absolute atomic E-state index is 0. The molecule has 0 saturated heterocycles. The molecule has 0 radical (unpaired) electrons. The van der Waals surface area contributed by atoms with Gasteiger partial charge in [0.1, 0.15) is 5.75 Å². The van der Waals surface area contributed by atoms with Gasteiger partial charge in [-0.2, -0.15) is 13.2 Å². The standard InChI is InChI=1S/C10H12F3O4PS.ClH/c1-2-16-18(14,15)17-8-3-5-9(6-4-8)19-7-10(11,12)13;/h3-6H,2,7H2,1H3,(H,14,15);1H. The summed E-state index contributed by atoms with van der Waals surface area (Å²) in [7, 11) is -4.16. The Hall–Kier alpha value is -0.400. The normalized spacial score (nSPS) is 14.2. The Balaban J connectivity index is 0.00000361. The topological polar surface area (TPSA) is 55.8 Å². The molecule has 0 aliphatic carbocycles. The van der Waals surface area contributed by atoms with Crippen LogP contribution in [0.3, 0.4) is 0 Å². The fourth-order valence-corrected chi connectivity index (χ4v) is 2.51. The molecule has 0 aliphatic rings. The van der Waals surface area contributed by atoms with Crippen LogP contribution in [0.1, 0.15) is 6.92 Å². The van der Waals surface area contributed by atoms with E-state index in [0.29, 0.717) is 16.7 Å². The quantitative estimate of drug-likeness (QED) is 0.612. The van der Waals surface area contributed by atoms with Crippen LogP contribution in [0.4, 0.5) is 13.2 Å². The summed E-state index contributed by atoms with van der Waals surface area (Å²) in [6.07, 6.45) is -4.24. The zero-order chi connectivity index (χ0) is 14.5. The fraction of sp³-hybridized carbons (Fsp3) is 0.400. The van der Waals surface area contributed by atoms with E-state index in [1.165, 1.54) is 31.2 Å². The number of hydrogen-bond acceptors (Lipinski definition) is 4. The second kappa shape index (κ2) is 8.14. The van der Waals surface area contributed by atoms with Crippen molar-refractivity contribution in [3.05, 3.63) is 24.3 Å². The van der Waals surface area contributed by atoms with Crippen molar-refractivity contribution in [2.75, 3.05) is 12.4 Å². The fourth-order valence-electron chi connectivity index (χ4n) is 1.08. The first-order chi connectivity index (χ1) is 8.72. The van der Waals surface area contributed by atoms with Crippen molar-refractivity contribution in [1.82, 2.24) is 0 Å². The molecule has 1 N–H and O–H groups in total. The van der Waals surface area contributed by atoms with Crippen LogP contribution >= 0.6 is 32.0 Å². The van der Waals surface area contributed by atoms with Crippen LogP contribution in [0, 0.1) is 0 Å². The van der Waals surface area contributed by atoms with Gasteiger partial charge in [0.05, 0.1) is 12.4 Å². The van der Waals surface area contributed by atoms with E-state index in [9.17, 15) is 22.6 Å². The van der Waals surface area contributed by atoms with Gasteiger partial charge in [0.2, 0.25) is 0 Å². The maximum Gasteiger partial charge on any atom is 0.527 e. The lowest BCUT2D eigenvalue weighted by atomic mass is 10.3. The lowest BCUT2D eigenvalue weighted by molar-refractivity contribution is -0.105. The zero-order valence-corrected chi connectivity index (χ0v) is 12.8. The molecule has 0 aromatic heterocycles. The molecule has 4 nitrogen and oxygen atoms in total. The van der Waals surface area contributed by atoms with Gasteiger partial charge in [-0.1, -0.05) is 0 Å². The number of rotatable bonds is 6. The minimum atomic E-state index is -4.24. The molecule has 1 aromatic carbocycles. The lowest BCUT2D eigenvalue weighted by Gasteiger charge is -2.12. The molecule has 1 atom stereocenters. The summed E-state index contributed by atoms with van der Waals surface area (Å²) < 4.78 is 56.5. The maximum atomic E-state index is 12.0. The second-order valence-electron chi connectivity index (χ2n) is 3.35. The van der Waals surface area contributed by atoms with Crippen LogP contribution < -0.4 is 4.52 Å². The molecule has 0 amide bonds. The zero-order valence-electron chi connectivity index (χ0n) is 10.3. The van der Waals surface area contributed by atoms with E-state index in [2.05, 4.69) is 4.52 Å². The van der Waals surface area contributed by atoms with Crippen LogP contribution in [-0.4, -0.2) is 23.4 Å². The van der Waals surface area contributed by atoms with Gasteiger partial charge in [-0.05, 0) is 31.2 Å². The predicted molar refractivity (Wildman–Crippen MR) is 72.5 cm³/mol. The van der Waals surface area contributed by atoms with Gasteiger partial charge in [0, 0.05) is 4.90 Å². The number of benzene rings is 1. The summed E-state index contributed by atoms with van der Waals surface area (Å²) >= 11 is 0.621. The predicted octanol–water partition coefficient (Wildman–Crippen LogP) is 4.28. The van der Waals surface area contributed by atoms with E-state index in [1.54, 1.807) is 0 Å². The first-order valence-corrected chi connectivity index (χ1v) is 7.66. The average Bonchev–Trinajstić information content (AvgIpc) is 2.26. The molecule has 0 spiro atoms. The highest BCUT2D eigenvalue weighted by Gasteiger charge is 2.27. The van der Waals surface area contributed by atoms with Crippen LogP contribution in [0.25, 0.3) is 0 Å². The molecular formula is C10H13ClF3O4PS. The van der Waals surface area contributed by atoms with Crippen molar-refractivity contribution in [2.24, 2.45) is 0 Å². The summed E-state index contributed by atoms with van der Waals surface area (Å²) in [6.45, 7) is 1.54. The van der Waals surface area contributed by atoms with Gasteiger partial charge >= 0.3 is 14.0 Å². The Morgan fingerprint density at radius 2 is 1.85 bits per heavy atom. The molecule has 0 aliphatic heterocycles. The van der Waals surface area contributed by atoms with Gasteiger partial charge in [0.25, 0.3) is 0 Å². The second-order valence-corrected chi connectivity index (χ2v) is 5.78. The third-order valence-electron chi connectivity index (χ3n) is 1.74. The molecule has 20 heavy (non-hydrogen) atoms. The Labute approximate surface area is 124 Å². The summed E-state index contributed by atoms with van der Waals surface area (Å²) in [5.41, 5.74) is 0. The van der Waals surface area contributed by atoms with Crippen LogP contribution in [0.5, 0.6) is 5.75 Å². The first-order valence-electron chi connectivity index (χ1n) is 5.18. The Kier molecular flexibility index (Phi) is 7.98. The van der Waals surface area contributed by atoms with E-state index in [4.69, 9.17) is 4.52 Å². The largest absolute Gasteiger partial charge is 0.527 e. The van der Waals surface area contributed by atoms with Gasteiger partial charge < -0.3 is 4.52 Å². The van der Waals surface area contributed by atoms with Crippen LogP contribution in [0.15, 0.2) is 29.2 Å². The van der Waals surface area contributed by atoms with E-state index >= 15 is 0 Å². The number of thioether (sulfide) groups is 1. The highest BCUT2D eigenvalue weighted by atomic mass is 35.5. The van der Waals surface area contributed by atoms with E-state index in [1.807, 2.05) is 0 Å². The van der Waals surface area contributed by atoms with Gasteiger partial charge in [0.15, 0.2) is 0 Å². The third kappa shape index (κ3) is 8.01. The van der Waals surface area contributed by atoms with Crippen molar-refractivity contribution >= 4 is 32.0 Å². The van der Waals surface area contributed by atoms with Crippen molar-refractivity contribution in [2.45, 2.75) is 18.0 Å². The smallest absolute Gasteiger partial charge is 0.404 e. The molecule has 116 valence electrons. The summed E-state index contributed by atoms with van der Waals surface area (Å²) in [4.78, 5) is 9.59. The molecular weight excluding hydrogens is 340 g/mol. The average molecular weight is 353 g/mol. The minimum Gasteiger partial charge on any atom is -0.404 e. The molecule has 0 heterocycles. The molecule has 10 heteroatoms. The van der Waals surface area contributed by atoms with Crippen LogP contribution in [0.2, 0.25) is 0 Å². The number of phosphoric acid groups is 1. The van der Waals surface area contributed by atoms with Gasteiger partial charge in [-0.15, -0.1) is 24.2 Å². The first kappa shape index (κ1) is 19.6. The monoisotopic (exact) mass is 352 g/mol. The number of phosphoric ester groups is 1. The van der Waals surface area contributed by atoms with Crippen molar-refractivity contribution < 1.29 is 31.7 Å². The molecule has 0 fully saturated rings. The number of alkyl halides is 3. The summed E-state index contributed by atoms with van der Waals surface area (Å²) in [5, 5.41) is 0. The SMILES string of the molecule is CCOP(=O)(O)Oc1ccc(SCC(F)(F)F)cc1.Cl. The van der Waals surface area contributed by atoms with Gasteiger partial charge in [-0.3, -0.25) is 9.42 Å². The number of halogens is 4. The van der Waals surface area contributed by atoms with Crippen molar-refractivity contribution in [1.29, 1.82) is 0 Å². The van der Waals surface area contributed by atoms with E-state index < -0.39 is 19.8 Å². The van der Waals surface area contributed by atoms with E-state index in [0.717, 1.165) is 0 Å². The van der Waals surface area contributed by atoms with E-state index in [-0.39, 0.29) is 24.8 Å². The van der Waals surface area contributed by atoms with Crippen molar-refractivity contribution in [3.63, 3.8) is 0 Å². The molecule has 1 unspecified atom stereocenters. The number of hydrogen-bond donors (Lipinski definition) is 1. The molecule has 1 aromatic rings. The van der Waals surface area contributed by atoms with Gasteiger partial charge in [-0.25, -0.2) is 4.57 Å².